The number of rotatable bonds is 2. The van der Waals surface area contributed by atoms with Gasteiger partial charge in [-0.05, 0) is 17.9 Å². The van der Waals surface area contributed by atoms with Crippen LogP contribution in [0.4, 0.5) is 0 Å². The van der Waals surface area contributed by atoms with Gasteiger partial charge < -0.3 is 4.42 Å². The number of hydrogen-bond donors (Lipinski definition) is 0. The van der Waals surface area contributed by atoms with Gasteiger partial charge in [-0.3, -0.25) is 0 Å². The van der Waals surface area contributed by atoms with Gasteiger partial charge in [0.25, 0.3) is 0 Å². The van der Waals surface area contributed by atoms with Gasteiger partial charge in [0.15, 0.2) is 5.09 Å². The standard InChI is InChI=1S/C12H9NOS2/c1-2-16-12-9(7-13)11(15)8-5-3-4-6-10(8)14-12/h3-6H,2H2,1H3. The predicted molar refractivity (Wildman–Crippen MR) is 68.2 cm³/mol. The first kappa shape index (κ1) is 11.2. The van der Waals surface area contributed by atoms with E-state index in [1.54, 1.807) is 0 Å². The third-order valence-electron chi connectivity index (χ3n) is 2.15. The Balaban J connectivity index is 2.83. The summed E-state index contributed by atoms with van der Waals surface area (Å²) in [6.07, 6.45) is 0. The Morgan fingerprint density at radius 2 is 2.19 bits per heavy atom. The third kappa shape index (κ3) is 1.84. The molecule has 2 rings (SSSR count). The van der Waals surface area contributed by atoms with Crippen LogP contribution >= 0.6 is 24.0 Å². The summed E-state index contributed by atoms with van der Waals surface area (Å²) in [6.45, 7) is 2.01. The molecule has 0 radical (unpaired) electrons. The zero-order chi connectivity index (χ0) is 11.5. The summed E-state index contributed by atoms with van der Waals surface area (Å²) in [4.78, 5) is 0. The molecule has 0 saturated carbocycles. The number of nitriles is 1. The van der Waals surface area contributed by atoms with E-state index in [-0.39, 0.29) is 0 Å². The van der Waals surface area contributed by atoms with E-state index in [1.165, 1.54) is 11.8 Å². The van der Waals surface area contributed by atoms with Crippen LogP contribution in [0.15, 0.2) is 33.8 Å². The minimum atomic E-state index is 0.473. The maximum atomic E-state index is 9.10. The highest BCUT2D eigenvalue weighted by atomic mass is 32.2. The Kier molecular flexibility index (Phi) is 3.28. The van der Waals surface area contributed by atoms with Gasteiger partial charge in [-0.2, -0.15) is 5.26 Å². The van der Waals surface area contributed by atoms with Gasteiger partial charge >= 0.3 is 0 Å². The van der Waals surface area contributed by atoms with Crippen LogP contribution in [-0.2, 0) is 0 Å². The molecule has 0 amide bonds. The molecular weight excluding hydrogens is 238 g/mol. The number of fused-ring (bicyclic) bond motifs is 1. The zero-order valence-corrected chi connectivity index (χ0v) is 10.3. The molecule has 0 fully saturated rings. The van der Waals surface area contributed by atoms with E-state index in [0.717, 1.165) is 16.7 Å². The first-order chi connectivity index (χ1) is 7.77. The summed E-state index contributed by atoms with van der Waals surface area (Å²) in [6, 6.07) is 9.65. The molecule has 0 atom stereocenters. The molecule has 16 heavy (non-hydrogen) atoms. The molecule has 0 unspecified atom stereocenters. The summed E-state index contributed by atoms with van der Waals surface area (Å²) in [7, 11) is 0. The van der Waals surface area contributed by atoms with Crippen LogP contribution < -0.4 is 0 Å². The maximum Gasteiger partial charge on any atom is 0.180 e. The Hall–Kier alpha value is -1.31. The summed E-state index contributed by atoms with van der Waals surface area (Å²) in [5.41, 5.74) is 1.21. The van der Waals surface area contributed by atoms with Crippen molar-refractivity contribution in [3.8, 4) is 6.07 Å². The van der Waals surface area contributed by atoms with E-state index < -0.39 is 0 Å². The van der Waals surface area contributed by atoms with E-state index >= 15 is 0 Å². The highest BCUT2D eigenvalue weighted by molar-refractivity contribution is 7.99. The lowest BCUT2D eigenvalue weighted by Crippen LogP contribution is -1.86. The summed E-state index contributed by atoms with van der Waals surface area (Å²) in [5.74, 6) is 0.852. The zero-order valence-electron chi connectivity index (χ0n) is 8.69. The molecule has 0 aliphatic rings. The van der Waals surface area contributed by atoms with Crippen molar-refractivity contribution in [3.05, 3.63) is 34.3 Å². The normalized spacial score (nSPS) is 10.2. The molecule has 1 aromatic carbocycles. The van der Waals surface area contributed by atoms with E-state index in [1.807, 2.05) is 31.2 Å². The molecule has 80 valence electrons. The predicted octanol–water partition coefficient (Wildman–Crippen LogP) is 4.15. The first-order valence-electron chi connectivity index (χ1n) is 4.86. The third-order valence-corrected chi connectivity index (χ3v) is 3.42. The lowest BCUT2D eigenvalue weighted by Gasteiger charge is -2.04. The van der Waals surface area contributed by atoms with Crippen LogP contribution in [-0.4, -0.2) is 5.75 Å². The van der Waals surface area contributed by atoms with Gasteiger partial charge in [-0.15, -0.1) is 0 Å². The van der Waals surface area contributed by atoms with E-state index in [0.29, 0.717) is 15.2 Å². The molecular formula is C12H9NOS2. The van der Waals surface area contributed by atoms with Crippen LogP contribution in [0, 0.1) is 15.8 Å². The molecule has 4 heteroatoms. The van der Waals surface area contributed by atoms with Crippen LogP contribution in [0.3, 0.4) is 0 Å². The highest BCUT2D eigenvalue weighted by Gasteiger charge is 2.10. The van der Waals surface area contributed by atoms with Crippen LogP contribution in [0.25, 0.3) is 11.0 Å². The van der Waals surface area contributed by atoms with Crippen LogP contribution in [0.5, 0.6) is 0 Å². The van der Waals surface area contributed by atoms with Gasteiger partial charge in [0.1, 0.15) is 17.2 Å². The topological polar surface area (TPSA) is 36.9 Å². The molecule has 0 spiro atoms. The molecule has 0 bridgehead atoms. The van der Waals surface area contributed by atoms with Crippen molar-refractivity contribution in [2.45, 2.75) is 12.0 Å². The second kappa shape index (κ2) is 4.69. The monoisotopic (exact) mass is 247 g/mol. The maximum absolute atomic E-state index is 9.10. The largest absolute Gasteiger partial charge is 0.448 e. The quantitative estimate of drug-likeness (QED) is 0.590. The second-order valence-corrected chi connectivity index (χ2v) is 4.78. The SMILES string of the molecule is CCSc1oc2ccccc2c(=S)c1C#N. The molecule has 0 aliphatic carbocycles. The van der Waals surface area contributed by atoms with Gasteiger partial charge in [0.05, 0.1) is 4.51 Å². The van der Waals surface area contributed by atoms with Gasteiger partial charge in [0, 0.05) is 5.39 Å². The van der Waals surface area contributed by atoms with E-state index in [4.69, 9.17) is 21.9 Å². The molecule has 2 aromatic rings. The number of hydrogen-bond acceptors (Lipinski definition) is 4. The smallest absolute Gasteiger partial charge is 0.180 e. The minimum Gasteiger partial charge on any atom is -0.448 e. The number of nitrogens with zero attached hydrogens (tertiary/aromatic N) is 1. The number of thioether (sulfide) groups is 1. The summed E-state index contributed by atoms with van der Waals surface area (Å²) < 4.78 is 6.26. The Morgan fingerprint density at radius 3 is 2.88 bits per heavy atom. The lowest BCUT2D eigenvalue weighted by molar-refractivity contribution is 0.498. The van der Waals surface area contributed by atoms with Crippen LogP contribution in [0.2, 0.25) is 0 Å². The van der Waals surface area contributed by atoms with E-state index in [2.05, 4.69) is 6.07 Å². The summed E-state index contributed by atoms with van der Waals surface area (Å²) in [5, 5.41) is 10.5. The van der Waals surface area contributed by atoms with Crippen molar-refractivity contribution >= 4 is 34.9 Å². The number of benzene rings is 1. The Morgan fingerprint density at radius 1 is 1.44 bits per heavy atom. The fraction of sp³-hybridized carbons (Fsp3) is 0.167. The molecule has 1 aromatic heterocycles. The molecule has 0 aliphatic heterocycles. The van der Waals surface area contributed by atoms with Crippen LogP contribution in [0.1, 0.15) is 12.5 Å². The van der Waals surface area contributed by atoms with Crippen molar-refractivity contribution in [1.82, 2.24) is 0 Å². The van der Waals surface area contributed by atoms with E-state index in [9.17, 15) is 0 Å². The first-order valence-corrected chi connectivity index (χ1v) is 6.26. The van der Waals surface area contributed by atoms with Crippen molar-refractivity contribution in [2.24, 2.45) is 0 Å². The lowest BCUT2D eigenvalue weighted by atomic mass is 10.2. The summed E-state index contributed by atoms with van der Waals surface area (Å²) >= 11 is 6.80. The second-order valence-electron chi connectivity index (χ2n) is 3.13. The minimum absolute atomic E-state index is 0.473. The highest BCUT2D eigenvalue weighted by Crippen LogP contribution is 2.29. The van der Waals surface area contributed by atoms with Crippen molar-refractivity contribution < 1.29 is 4.42 Å². The van der Waals surface area contributed by atoms with Gasteiger partial charge in [-0.25, -0.2) is 0 Å². The van der Waals surface area contributed by atoms with Crippen molar-refractivity contribution in [2.75, 3.05) is 5.75 Å². The van der Waals surface area contributed by atoms with Crippen molar-refractivity contribution in [3.63, 3.8) is 0 Å². The van der Waals surface area contributed by atoms with Crippen molar-refractivity contribution in [1.29, 1.82) is 5.26 Å². The fourth-order valence-corrected chi connectivity index (χ4v) is 2.53. The molecule has 0 saturated heterocycles. The van der Waals surface area contributed by atoms with Gasteiger partial charge in [-0.1, -0.05) is 43.0 Å². The molecule has 2 nitrogen and oxygen atoms in total. The van der Waals surface area contributed by atoms with Gasteiger partial charge in [0.2, 0.25) is 0 Å². The Bertz CT molecular complexity index is 625. The average Bonchev–Trinajstić information content (AvgIpc) is 2.30. The fourth-order valence-electron chi connectivity index (χ4n) is 1.45. The molecule has 0 N–H and O–H groups in total. The average molecular weight is 247 g/mol. The number of para-hydroxylation sites is 1. The molecule has 1 heterocycles. The Labute approximate surface area is 103 Å².